The fraction of sp³-hybridized carbons (Fsp3) is 1.00. The molecule has 0 amide bonds. The van der Waals surface area contributed by atoms with Crippen LogP contribution in [0.2, 0.25) is 0 Å². The highest BCUT2D eigenvalue weighted by Crippen LogP contribution is 2.44. The highest BCUT2D eigenvalue weighted by atomic mass is 16.5. The lowest BCUT2D eigenvalue weighted by atomic mass is 9.74. The van der Waals surface area contributed by atoms with Gasteiger partial charge in [-0.05, 0) is 50.4 Å². The molecule has 2 aliphatic carbocycles. The molecule has 3 fully saturated rings. The monoisotopic (exact) mass is 279 g/mol. The van der Waals surface area contributed by atoms with Crippen LogP contribution in [-0.4, -0.2) is 18.2 Å². The van der Waals surface area contributed by atoms with E-state index < -0.39 is 0 Å². The normalized spacial score (nSPS) is 33.8. The van der Waals surface area contributed by atoms with Crippen LogP contribution in [0.25, 0.3) is 0 Å². The molecule has 0 radical (unpaired) electrons. The van der Waals surface area contributed by atoms with Gasteiger partial charge in [-0.3, -0.25) is 0 Å². The lowest BCUT2D eigenvalue weighted by molar-refractivity contribution is -0.0991. The van der Waals surface area contributed by atoms with Gasteiger partial charge in [0.1, 0.15) is 0 Å². The second kappa shape index (κ2) is 6.79. The Morgan fingerprint density at radius 3 is 2.15 bits per heavy atom. The first kappa shape index (κ1) is 14.8. The van der Waals surface area contributed by atoms with Crippen molar-refractivity contribution in [2.45, 2.75) is 95.1 Å². The van der Waals surface area contributed by atoms with Gasteiger partial charge in [-0.2, -0.15) is 0 Å². The first-order valence-electron chi connectivity index (χ1n) is 9.19. The van der Waals surface area contributed by atoms with Crippen molar-refractivity contribution in [1.29, 1.82) is 0 Å². The first-order valence-corrected chi connectivity index (χ1v) is 9.19. The van der Waals surface area contributed by atoms with Gasteiger partial charge in [-0.25, -0.2) is 0 Å². The second-order valence-corrected chi connectivity index (χ2v) is 7.67. The average molecular weight is 279 g/mol. The smallest absolute Gasteiger partial charge is 0.0685 e. The Bertz CT molecular complexity index is 290. The van der Waals surface area contributed by atoms with Gasteiger partial charge in [-0.15, -0.1) is 0 Å². The molecule has 1 spiro atoms. The van der Waals surface area contributed by atoms with Crippen molar-refractivity contribution < 1.29 is 4.74 Å². The van der Waals surface area contributed by atoms with Crippen LogP contribution >= 0.6 is 0 Å². The topological polar surface area (TPSA) is 35.2 Å². The van der Waals surface area contributed by atoms with Crippen LogP contribution in [0.5, 0.6) is 0 Å². The minimum absolute atomic E-state index is 0.238. The maximum Gasteiger partial charge on any atom is 0.0685 e. The molecule has 3 aliphatic rings. The van der Waals surface area contributed by atoms with E-state index >= 15 is 0 Å². The van der Waals surface area contributed by atoms with Crippen molar-refractivity contribution >= 4 is 0 Å². The standard InChI is InChI=1S/C18H33NO/c19-17(15-8-4-2-1-3-5-9-15)16-10-13-20-18(14-16)11-6-7-12-18/h15-17H,1-14,19H2. The summed E-state index contributed by atoms with van der Waals surface area (Å²) >= 11 is 0. The quantitative estimate of drug-likeness (QED) is 0.812. The van der Waals surface area contributed by atoms with Crippen LogP contribution in [0.3, 0.4) is 0 Å². The van der Waals surface area contributed by atoms with Gasteiger partial charge in [0.2, 0.25) is 0 Å². The van der Waals surface area contributed by atoms with Crippen molar-refractivity contribution in [3.8, 4) is 0 Å². The summed E-state index contributed by atoms with van der Waals surface area (Å²) in [7, 11) is 0. The summed E-state index contributed by atoms with van der Waals surface area (Å²) in [6.45, 7) is 0.963. The molecule has 2 nitrogen and oxygen atoms in total. The lowest BCUT2D eigenvalue weighted by Gasteiger charge is -2.42. The van der Waals surface area contributed by atoms with Crippen LogP contribution in [0.4, 0.5) is 0 Å². The van der Waals surface area contributed by atoms with Crippen molar-refractivity contribution in [3.63, 3.8) is 0 Å². The largest absolute Gasteiger partial charge is 0.375 e. The predicted molar refractivity (Wildman–Crippen MR) is 83.7 cm³/mol. The Morgan fingerprint density at radius 1 is 0.800 bits per heavy atom. The van der Waals surface area contributed by atoms with Gasteiger partial charge in [0.25, 0.3) is 0 Å². The van der Waals surface area contributed by atoms with Gasteiger partial charge < -0.3 is 10.5 Å². The van der Waals surface area contributed by atoms with Crippen molar-refractivity contribution in [3.05, 3.63) is 0 Å². The Morgan fingerprint density at radius 2 is 1.45 bits per heavy atom. The molecule has 0 aromatic heterocycles. The fourth-order valence-electron chi connectivity index (χ4n) is 5.02. The minimum atomic E-state index is 0.238. The van der Waals surface area contributed by atoms with E-state index in [0.717, 1.165) is 18.4 Å². The zero-order valence-electron chi connectivity index (χ0n) is 13.1. The average Bonchev–Trinajstić information content (AvgIpc) is 2.86. The molecule has 0 bridgehead atoms. The molecule has 20 heavy (non-hydrogen) atoms. The molecule has 1 heterocycles. The maximum atomic E-state index is 6.74. The van der Waals surface area contributed by atoms with Gasteiger partial charge in [0.15, 0.2) is 0 Å². The molecule has 3 rings (SSSR count). The molecular formula is C18H33NO. The summed E-state index contributed by atoms with van der Waals surface area (Å²) in [5.41, 5.74) is 6.98. The minimum Gasteiger partial charge on any atom is -0.375 e. The van der Waals surface area contributed by atoms with E-state index in [-0.39, 0.29) is 5.60 Å². The van der Waals surface area contributed by atoms with E-state index in [9.17, 15) is 0 Å². The summed E-state index contributed by atoms with van der Waals surface area (Å²) in [4.78, 5) is 0. The van der Waals surface area contributed by atoms with E-state index in [1.165, 1.54) is 83.5 Å². The van der Waals surface area contributed by atoms with E-state index in [1.807, 2.05) is 0 Å². The number of rotatable bonds is 2. The molecule has 2 heteroatoms. The van der Waals surface area contributed by atoms with E-state index in [1.54, 1.807) is 0 Å². The molecule has 116 valence electrons. The Kier molecular flexibility index (Phi) is 5.04. The molecular weight excluding hydrogens is 246 g/mol. The van der Waals surface area contributed by atoms with Crippen molar-refractivity contribution in [1.82, 2.24) is 0 Å². The third-order valence-electron chi connectivity index (χ3n) is 6.28. The SMILES string of the molecule is NC(C1CCCCCCC1)C1CCOC2(CCCC2)C1. The number of hydrogen-bond donors (Lipinski definition) is 1. The number of hydrogen-bond acceptors (Lipinski definition) is 2. The number of nitrogens with two attached hydrogens (primary N) is 1. The Hall–Kier alpha value is -0.0800. The van der Waals surface area contributed by atoms with Crippen LogP contribution in [-0.2, 0) is 4.74 Å². The fourth-order valence-corrected chi connectivity index (χ4v) is 5.02. The molecule has 1 saturated heterocycles. The molecule has 0 aromatic carbocycles. The van der Waals surface area contributed by atoms with E-state index in [4.69, 9.17) is 10.5 Å². The van der Waals surface area contributed by atoms with Crippen LogP contribution in [0.15, 0.2) is 0 Å². The molecule has 1 aliphatic heterocycles. The van der Waals surface area contributed by atoms with Gasteiger partial charge in [0, 0.05) is 12.6 Å². The maximum absolute atomic E-state index is 6.74. The predicted octanol–water partition coefficient (Wildman–Crippen LogP) is 4.41. The zero-order chi connectivity index (χ0) is 13.8. The highest BCUT2D eigenvalue weighted by Gasteiger charge is 2.42. The molecule has 2 N–H and O–H groups in total. The molecule has 2 saturated carbocycles. The Labute approximate surface area is 124 Å². The summed E-state index contributed by atoms with van der Waals surface area (Å²) in [6, 6.07) is 0.439. The van der Waals surface area contributed by atoms with Crippen molar-refractivity contribution in [2.24, 2.45) is 17.6 Å². The summed E-state index contributed by atoms with van der Waals surface area (Å²) in [5.74, 6) is 1.52. The Balaban J connectivity index is 1.58. The van der Waals surface area contributed by atoms with Crippen LogP contribution < -0.4 is 5.73 Å². The molecule has 2 atom stereocenters. The van der Waals surface area contributed by atoms with Crippen molar-refractivity contribution in [2.75, 3.05) is 6.61 Å². The highest BCUT2D eigenvalue weighted by molar-refractivity contribution is 4.95. The third kappa shape index (κ3) is 3.39. The summed E-state index contributed by atoms with van der Waals surface area (Å²) in [6.07, 6.45) is 17.7. The van der Waals surface area contributed by atoms with Crippen LogP contribution in [0.1, 0.15) is 83.5 Å². The van der Waals surface area contributed by atoms with Crippen LogP contribution in [0, 0.1) is 11.8 Å². The van der Waals surface area contributed by atoms with Gasteiger partial charge >= 0.3 is 0 Å². The summed E-state index contributed by atoms with van der Waals surface area (Å²) in [5, 5.41) is 0. The lowest BCUT2D eigenvalue weighted by Crippen LogP contribution is -2.46. The second-order valence-electron chi connectivity index (χ2n) is 7.67. The van der Waals surface area contributed by atoms with Gasteiger partial charge in [0.05, 0.1) is 5.60 Å². The molecule has 2 unspecified atom stereocenters. The van der Waals surface area contributed by atoms with Gasteiger partial charge in [-0.1, -0.05) is 44.9 Å². The zero-order valence-corrected chi connectivity index (χ0v) is 13.1. The third-order valence-corrected chi connectivity index (χ3v) is 6.28. The molecule has 0 aromatic rings. The van der Waals surface area contributed by atoms with E-state index in [2.05, 4.69) is 0 Å². The first-order chi connectivity index (χ1) is 9.79. The summed E-state index contributed by atoms with van der Waals surface area (Å²) < 4.78 is 6.18. The number of ether oxygens (including phenoxy) is 1. The van der Waals surface area contributed by atoms with E-state index in [0.29, 0.717) is 6.04 Å².